The summed E-state index contributed by atoms with van der Waals surface area (Å²) >= 11 is 2.88. The zero-order valence-electron chi connectivity index (χ0n) is 15.5. The molecule has 7 nitrogen and oxygen atoms in total. The molecule has 1 aromatic carbocycles. The Balaban J connectivity index is 1.47. The smallest absolute Gasteiger partial charge is 0.262 e. The van der Waals surface area contributed by atoms with Gasteiger partial charge in [0.2, 0.25) is 5.91 Å². The first-order chi connectivity index (χ1) is 14.2. The van der Waals surface area contributed by atoms with Crippen molar-refractivity contribution in [2.75, 3.05) is 18.1 Å². The highest BCUT2D eigenvalue weighted by molar-refractivity contribution is 7.22. The van der Waals surface area contributed by atoms with Crippen LogP contribution in [0.1, 0.15) is 12.8 Å². The van der Waals surface area contributed by atoms with Gasteiger partial charge >= 0.3 is 0 Å². The average molecular weight is 427 g/mol. The monoisotopic (exact) mass is 426 g/mol. The molecule has 1 saturated heterocycles. The second kappa shape index (κ2) is 7.66. The molecule has 1 amide bonds. The number of para-hydroxylation sites is 1. The summed E-state index contributed by atoms with van der Waals surface area (Å²) in [4.78, 5) is 37.2. The molecule has 9 heteroatoms. The van der Waals surface area contributed by atoms with Crippen LogP contribution in [0.3, 0.4) is 0 Å². The van der Waals surface area contributed by atoms with Crippen LogP contribution < -0.4 is 10.5 Å². The first-order valence-electron chi connectivity index (χ1n) is 9.39. The van der Waals surface area contributed by atoms with Gasteiger partial charge in [-0.05, 0) is 36.4 Å². The van der Waals surface area contributed by atoms with Gasteiger partial charge in [0, 0.05) is 6.61 Å². The van der Waals surface area contributed by atoms with Crippen molar-refractivity contribution in [1.29, 1.82) is 0 Å². The molecular weight excluding hydrogens is 408 g/mol. The minimum Gasteiger partial charge on any atom is -0.376 e. The van der Waals surface area contributed by atoms with Gasteiger partial charge in [-0.3, -0.25) is 19.1 Å². The second-order valence-electron chi connectivity index (χ2n) is 6.92. The Hall–Kier alpha value is -2.62. The van der Waals surface area contributed by atoms with Gasteiger partial charge < -0.3 is 4.74 Å². The van der Waals surface area contributed by atoms with Crippen LogP contribution in [-0.4, -0.2) is 39.7 Å². The summed E-state index contributed by atoms with van der Waals surface area (Å²) in [5, 5.41) is 3.00. The molecule has 5 rings (SSSR count). The number of hydrogen-bond acceptors (Lipinski definition) is 7. The Morgan fingerprint density at radius 2 is 2.21 bits per heavy atom. The highest BCUT2D eigenvalue weighted by atomic mass is 32.1. The summed E-state index contributed by atoms with van der Waals surface area (Å²) in [6, 6.07) is 9.55. The van der Waals surface area contributed by atoms with Crippen molar-refractivity contribution < 1.29 is 9.53 Å². The van der Waals surface area contributed by atoms with Crippen molar-refractivity contribution in [2.45, 2.75) is 25.5 Å². The molecule has 0 bridgehead atoms. The van der Waals surface area contributed by atoms with Crippen LogP contribution in [0, 0.1) is 0 Å². The van der Waals surface area contributed by atoms with Crippen molar-refractivity contribution in [3.63, 3.8) is 0 Å². The molecule has 1 aliphatic heterocycles. The number of thiazole rings is 1. The summed E-state index contributed by atoms with van der Waals surface area (Å²) in [5.74, 6) is -0.196. The quantitative estimate of drug-likeness (QED) is 0.489. The number of carbonyl (C=O) groups is 1. The summed E-state index contributed by atoms with van der Waals surface area (Å²) < 4.78 is 8.14. The topological polar surface area (TPSA) is 77.3 Å². The van der Waals surface area contributed by atoms with E-state index in [4.69, 9.17) is 4.74 Å². The lowest BCUT2D eigenvalue weighted by atomic mass is 10.2. The van der Waals surface area contributed by atoms with Crippen LogP contribution in [-0.2, 0) is 16.1 Å². The Morgan fingerprint density at radius 3 is 3.03 bits per heavy atom. The first kappa shape index (κ1) is 18.4. The fourth-order valence-corrected chi connectivity index (χ4v) is 5.21. The molecule has 29 heavy (non-hydrogen) atoms. The number of nitrogens with zero attached hydrogens (tertiary/aromatic N) is 4. The molecule has 0 aliphatic carbocycles. The number of rotatable bonds is 5. The van der Waals surface area contributed by atoms with E-state index in [0.29, 0.717) is 28.5 Å². The molecule has 0 N–H and O–H groups in total. The van der Waals surface area contributed by atoms with Crippen LogP contribution in [0.25, 0.3) is 20.4 Å². The number of thiophene rings is 1. The lowest BCUT2D eigenvalue weighted by Crippen LogP contribution is -2.41. The number of fused-ring (bicyclic) bond motifs is 2. The number of anilines is 1. The van der Waals surface area contributed by atoms with Gasteiger partial charge in [-0.25, -0.2) is 9.97 Å². The molecule has 0 saturated carbocycles. The van der Waals surface area contributed by atoms with Crippen LogP contribution in [0.15, 0.2) is 46.8 Å². The normalized spacial score (nSPS) is 16.6. The van der Waals surface area contributed by atoms with E-state index in [2.05, 4.69) is 9.97 Å². The Labute approximate surface area is 174 Å². The van der Waals surface area contributed by atoms with E-state index in [1.807, 2.05) is 29.6 Å². The standard InChI is InChI=1S/C20H18N4O3S2/c25-17(11-23-12-21-18-14(19(23)26)7-9-28-18)24(10-13-4-3-8-27-13)20-22-15-5-1-2-6-16(15)29-20/h1-2,5-7,9,12-13H,3-4,8,10-11H2. The number of carbonyl (C=O) groups excluding carboxylic acids is 1. The van der Waals surface area contributed by atoms with Gasteiger partial charge in [0.15, 0.2) is 5.13 Å². The SMILES string of the molecule is O=C(Cn1cnc2sccc2c1=O)N(CC1CCCO1)c1nc2ccccc2s1. The van der Waals surface area contributed by atoms with Gasteiger partial charge in [-0.2, -0.15) is 0 Å². The highest BCUT2D eigenvalue weighted by Crippen LogP contribution is 2.30. The van der Waals surface area contributed by atoms with Crippen LogP contribution in [0.2, 0.25) is 0 Å². The minimum atomic E-state index is -0.203. The molecule has 4 heterocycles. The lowest BCUT2D eigenvalue weighted by molar-refractivity contribution is -0.119. The maximum absolute atomic E-state index is 13.3. The molecule has 0 radical (unpaired) electrons. The van der Waals surface area contributed by atoms with E-state index in [0.717, 1.165) is 23.1 Å². The average Bonchev–Trinajstić information content (AvgIpc) is 3.48. The van der Waals surface area contributed by atoms with E-state index in [1.54, 1.807) is 11.0 Å². The van der Waals surface area contributed by atoms with Crippen molar-refractivity contribution in [3.8, 4) is 0 Å². The molecule has 1 unspecified atom stereocenters. The molecule has 1 atom stereocenters. The fourth-order valence-electron chi connectivity index (χ4n) is 3.49. The summed E-state index contributed by atoms with van der Waals surface area (Å²) in [5.41, 5.74) is 0.655. The molecule has 3 aromatic heterocycles. The number of hydrogen-bond donors (Lipinski definition) is 0. The largest absolute Gasteiger partial charge is 0.376 e. The zero-order chi connectivity index (χ0) is 19.8. The molecule has 1 fully saturated rings. The fraction of sp³-hybridized carbons (Fsp3) is 0.300. The summed E-state index contributed by atoms with van der Waals surface area (Å²) in [6.07, 6.45) is 3.34. The third kappa shape index (κ3) is 3.57. The number of benzene rings is 1. The van der Waals surface area contributed by atoms with E-state index >= 15 is 0 Å². The maximum Gasteiger partial charge on any atom is 0.262 e. The molecule has 1 aliphatic rings. The predicted octanol–water partition coefficient (Wildman–Crippen LogP) is 3.28. The Kier molecular flexibility index (Phi) is 4.86. The predicted molar refractivity (Wildman–Crippen MR) is 115 cm³/mol. The van der Waals surface area contributed by atoms with Gasteiger partial charge in [-0.1, -0.05) is 23.5 Å². The van der Waals surface area contributed by atoms with E-state index < -0.39 is 0 Å². The summed E-state index contributed by atoms with van der Waals surface area (Å²) in [6.45, 7) is 1.06. The van der Waals surface area contributed by atoms with E-state index in [1.165, 1.54) is 33.6 Å². The number of aromatic nitrogens is 3. The third-order valence-corrected chi connectivity index (χ3v) is 6.86. The zero-order valence-corrected chi connectivity index (χ0v) is 17.1. The van der Waals surface area contributed by atoms with Gasteiger partial charge in [-0.15, -0.1) is 11.3 Å². The van der Waals surface area contributed by atoms with Crippen molar-refractivity contribution in [2.24, 2.45) is 0 Å². The van der Waals surface area contributed by atoms with Crippen LogP contribution in [0.5, 0.6) is 0 Å². The van der Waals surface area contributed by atoms with Gasteiger partial charge in [0.25, 0.3) is 5.56 Å². The van der Waals surface area contributed by atoms with Crippen molar-refractivity contribution >= 4 is 54.1 Å². The maximum atomic E-state index is 13.3. The van der Waals surface area contributed by atoms with Crippen LogP contribution in [0.4, 0.5) is 5.13 Å². The lowest BCUT2D eigenvalue weighted by Gasteiger charge is -2.23. The van der Waals surface area contributed by atoms with Gasteiger partial charge in [0.05, 0.1) is 34.6 Å². The highest BCUT2D eigenvalue weighted by Gasteiger charge is 2.26. The molecule has 0 spiro atoms. The molecular formula is C20H18N4O3S2. The Morgan fingerprint density at radius 1 is 1.31 bits per heavy atom. The van der Waals surface area contributed by atoms with Gasteiger partial charge in [0.1, 0.15) is 11.4 Å². The van der Waals surface area contributed by atoms with Crippen molar-refractivity contribution in [1.82, 2.24) is 14.5 Å². The molecule has 4 aromatic rings. The third-order valence-electron chi connectivity index (χ3n) is 4.98. The molecule has 148 valence electrons. The minimum absolute atomic E-state index is 0.0137. The van der Waals surface area contributed by atoms with Crippen molar-refractivity contribution in [3.05, 3.63) is 52.4 Å². The number of ether oxygens (including phenoxy) is 1. The summed E-state index contributed by atoms with van der Waals surface area (Å²) in [7, 11) is 0. The van der Waals surface area contributed by atoms with Crippen LogP contribution >= 0.6 is 22.7 Å². The Bertz CT molecular complexity index is 1210. The number of amides is 1. The first-order valence-corrected chi connectivity index (χ1v) is 11.1. The van der Waals surface area contributed by atoms with E-state index in [-0.39, 0.29) is 24.1 Å². The van der Waals surface area contributed by atoms with E-state index in [9.17, 15) is 9.59 Å². The second-order valence-corrected chi connectivity index (χ2v) is 8.82.